The molecule has 0 aromatic rings. The summed E-state index contributed by atoms with van der Waals surface area (Å²) in [6, 6.07) is 0. The molecule has 4 atom stereocenters. The third kappa shape index (κ3) is 8.04. The van der Waals surface area contributed by atoms with Crippen molar-refractivity contribution in [2.24, 2.45) is 23.7 Å². The molecule has 0 saturated carbocycles. The van der Waals surface area contributed by atoms with Crippen LogP contribution in [0.3, 0.4) is 0 Å². The number of hydrogen-bond acceptors (Lipinski definition) is 1. The molecule has 0 bridgehead atoms. The van der Waals surface area contributed by atoms with Crippen LogP contribution in [0.5, 0.6) is 0 Å². The van der Waals surface area contributed by atoms with Gasteiger partial charge in [0.15, 0.2) is 0 Å². The first kappa shape index (κ1) is 18.7. The van der Waals surface area contributed by atoms with Crippen LogP contribution in [0.15, 0.2) is 12.2 Å². The number of hydrogen-bond donors (Lipinski definition) is 1. The minimum atomic E-state index is -0.622. The fourth-order valence-corrected chi connectivity index (χ4v) is 3.45. The van der Waals surface area contributed by atoms with E-state index in [4.69, 9.17) is 0 Å². The van der Waals surface area contributed by atoms with Crippen LogP contribution < -0.4 is 0 Å². The molecule has 4 unspecified atom stereocenters. The summed E-state index contributed by atoms with van der Waals surface area (Å²) in [7, 11) is 0. The molecule has 1 rings (SSSR count). The Kier molecular flexibility index (Phi) is 8.02. The minimum absolute atomic E-state index is 0.612. The second-order valence-electron chi connectivity index (χ2n) is 8.23. The van der Waals surface area contributed by atoms with Gasteiger partial charge in [0, 0.05) is 0 Å². The highest BCUT2D eigenvalue weighted by Crippen LogP contribution is 2.28. The van der Waals surface area contributed by atoms with Crippen LogP contribution in [-0.2, 0) is 0 Å². The van der Waals surface area contributed by atoms with E-state index in [1.54, 1.807) is 0 Å². The van der Waals surface area contributed by atoms with Crippen LogP contribution in [0.2, 0.25) is 0 Å². The summed E-state index contributed by atoms with van der Waals surface area (Å²) in [4.78, 5) is 0. The van der Waals surface area contributed by atoms with Crippen molar-refractivity contribution in [1.82, 2.24) is 0 Å². The molecule has 1 heteroatoms. The van der Waals surface area contributed by atoms with Gasteiger partial charge in [0.25, 0.3) is 0 Å². The summed E-state index contributed by atoms with van der Waals surface area (Å²) in [5.41, 5.74) is -0.622. The van der Waals surface area contributed by atoms with Crippen molar-refractivity contribution in [2.75, 3.05) is 0 Å². The lowest BCUT2D eigenvalue weighted by atomic mass is 9.84. The Bertz CT molecular complexity index is 303. The highest BCUT2D eigenvalue weighted by Gasteiger charge is 2.19. The van der Waals surface area contributed by atoms with Crippen molar-refractivity contribution >= 4 is 0 Å². The van der Waals surface area contributed by atoms with Gasteiger partial charge in [0.05, 0.1) is 5.60 Å². The van der Waals surface area contributed by atoms with Crippen LogP contribution in [0.4, 0.5) is 0 Å². The number of aliphatic hydroxyl groups is 1. The number of rotatable bonds is 1. The summed E-state index contributed by atoms with van der Waals surface area (Å²) >= 11 is 0. The van der Waals surface area contributed by atoms with Crippen LogP contribution in [0.1, 0.15) is 86.0 Å². The first-order valence-electron chi connectivity index (χ1n) is 9.22. The summed E-state index contributed by atoms with van der Waals surface area (Å²) in [5.74, 6) is 2.93. The molecule has 0 amide bonds. The van der Waals surface area contributed by atoms with E-state index in [2.05, 4.69) is 39.8 Å². The highest BCUT2D eigenvalue weighted by molar-refractivity contribution is 5.01. The van der Waals surface area contributed by atoms with Crippen molar-refractivity contribution < 1.29 is 5.11 Å². The quantitative estimate of drug-likeness (QED) is 0.590. The summed E-state index contributed by atoms with van der Waals surface area (Å²) in [5, 5.41) is 10.5. The molecule has 124 valence electrons. The average molecular weight is 295 g/mol. The molecular formula is C20H38O. The van der Waals surface area contributed by atoms with Gasteiger partial charge in [0.1, 0.15) is 0 Å². The lowest BCUT2D eigenvalue weighted by Crippen LogP contribution is -2.22. The Hall–Kier alpha value is -0.300. The molecule has 0 fully saturated rings. The molecule has 0 spiro atoms. The van der Waals surface area contributed by atoms with E-state index >= 15 is 0 Å². The lowest BCUT2D eigenvalue weighted by molar-refractivity contribution is 0.0959. The van der Waals surface area contributed by atoms with Gasteiger partial charge in [-0.25, -0.2) is 0 Å². The van der Waals surface area contributed by atoms with Gasteiger partial charge in [-0.05, 0) is 43.4 Å². The Morgan fingerprint density at radius 2 is 1.52 bits per heavy atom. The van der Waals surface area contributed by atoms with Gasteiger partial charge in [-0.3, -0.25) is 0 Å². The SMILES string of the molecule is CC1CCCC(C)CCC(C(C)C)/C=C/C(C)(O)CCC1. The van der Waals surface area contributed by atoms with Crippen molar-refractivity contribution in [1.29, 1.82) is 0 Å². The standard InChI is InChI=1S/C20H38O/c1-16(2)19-12-11-18(4)9-6-8-17(3)10-7-14-20(5,21)15-13-19/h13,15-19,21H,6-12,14H2,1-5H3/b15-13+. The fourth-order valence-electron chi connectivity index (χ4n) is 3.45. The Balaban J connectivity index is 2.72. The van der Waals surface area contributed by atoms with Gasteiger partial charge >= 0.3 is 0 Å². The van der Waals surface area contributed by atoms with Gasteiger partial charge in [-0.2, -0.15) is 0 Å². The lowest BCUT2D eigenvalue weighted by Gasteiger charge is -2.24. The summed E-state index contributed by atoms with van der Waals surface area (Å²) in [6.45, 7) is 11.4. The van der Waals surface area contributed by atoms with E-state index in [1.165, 1.54) is 38.5 Å². The van der Waals surface area contributed by atoms with Crippen molar-refractivity contribution in [3.8, 4) is 0 Å². The maximum absolute atomic E-state index is 10.5. The third-order valence-corrected chi connectivity index (χ3v) is 5.33. The van der Waals surface area contributed by atoms with E-state index in [0.29, 0.717) is 11.8 Å². The van der Waals surface area contributed by atoms with Crippen LogP contribution in [0.25, 0.3) is 0 Å². The predicted molar refractivity (Wildman–Crippen MR) is 93.4 cm³/mol. The molecule has 21 heavy (non-hydrogen) atoms. The smallest absolute Gasteiger partial charge is 0.0799 e. The zero-order valence-corrected chi connectivity index (χ0v) is 15.1. The molecular weight excluding hydrogens is 256 g/mol. The summed E-state index contributed by atoms with van der Waals surface area (Å²) in [6.07, 6.45) is 14.4. The van der Waals surface area contributed by atoms with Crippen molar-refractivity contribution in [2.45, 2.75) is 91.6 Å². The molecule has 0 aromatic heterocycles. The average Bonchev–Trinajstić information content (AvgIpc) is 2.37. The predicted octanol–water partition coefficient (Wildman–Crippen LogP) is 5.97. The van der Waals surface area contributed by atoms with Gasteiger partial charge < -0.3 is 5.11 Å². The molecule has 1 aliphatic rings. The summed E-state index contributed by atoms with van der Waals surface area (Å²) < 4.78 is 0. The monoisotopic (exact) mass is 294 g/mol. The van der Waals surface area contributed by atoms with Crippen LogP contribution in [0, 0.1) is 23.7 Å². The molecule has 0 heterocycles. The van der Waals surface area contributed by atoms with Gasteiger partial charge in [0.2, 0.25) is 0 Å². The minimum Gasteiger partial charge on any atom is -0.386 e. The molecule has 0 aromatic carbocycles. The number of allylic oxidation sites excluding steroid dienone is 1. The van der Waals surface area contributed by atoms with Crippen LogP contribution >= 0.6 is 0 Å². The highest BCUT2D eigenvalue weighted by atomic mass is 16.3. The van der Waals surface area contributed by atoms with E-state index in [0.717, 1.165) is 24.7 Å². The molecule has 0 aliphatic heterocycles. The first-order chi connectivity index (χ1) is 9.80. The molecule has 1 N–H and O–H groups in total. The second-order valence-corrected chi connectivity index (χ2v) is 8.23. The van der Waals surface area contributed by atoms with E-state index in [9.17, 15) is 5.11 Å². The zero-order valence-electron chi connectivity index (χ0n) is 15.1. The fraction of sp³-hybridized carbons (Fsp3) is 0.900. The Morgan fingerprint density at radius 3 is 2.14 bits per heavy atom. The first-order valence-corrected chi connectivity index (χ1v) is 9.22. The molecule has 0 radical (unpaired) electrons. The molecule has 1 aliphatic carbocycles. The third-order valence-electron chi connectivity index (χ3n) is 5.33. The maximum Gasteiger partial charge on any atom is 0.0799 e. The van der Waals surface area contributed by atoms with E-state index in [-0.39, 0.29) is 0 Å². The van der Waals surface area contributed by atoms with E-state index < -0.39 is 5.60 Å². The topological polar surface area (TPSA) is 20.2 Å². The van der Waals surface area contributed by atoms with Gasteiger partial charge in [-0.1, -0.05) is 78.4 Å². The maximum atomic E-state index is 10.5. The van der Waals surface area contributed by atoms with Crippen molar-refractivity contribution in [3.05, 3.63) is 12.2 Å². The molecule has 1 nitrogen and oxygen atoms in total. The Labute approximate surface area is 133 Å². The molecule has 0 saturated heterocycles. The van der Waals surface area contributed by atoms with Gasteiger partial charge in [-0.15, -0.1) is 0 Å². The van der Waals surface area contributed by atoms with E-state index in [1.807, 2.05) is 6.92 Å². The largest absolute Gasteiger partial charge is 0.386 e. The normalized spacial score (nSPS) is 38.9. The second kappa shape index (κ2) is 8.98. The zero-order chi connectivity index (χ0) is 15.9. The Morgan fingerprint density at radius 1 is 0.952 bits per heavy atom. The van der Waals surface area contributed by atoms with Crippen LogP contribution in [-0.4, -0.2) is 10.7 Å². The van der Waals surface area contributed by atoms with Crippen molar-refractivity contribution in [3.63, 3.8) is 0 Å².